The topological polar surface area (TPSA) is 110 Å². The Balaban J connectivity index is 1.30. The molecule has 9 nitrogen and oxygen atoms in total. The summed E-state index contributed by atoms with van der Waals surface area (Å²) in [6.45, 7) is 6.08. The molecule has 0 spiro atoms. The standard InChI is InChI=1S/C34H36N6O3/c1-4-5-8-26-22-33(40(39-26)27-13-11-23(2)12-14-27)38-34(42)37-30-15-16-31(29-10-7-6-9-28(29)30)43-20-18-25-17-19-35-32(21-25)36-24(3)41/h6-7,9-17,19,21-22H,4-5,8,18,20H2,1-3H3,(H,35,36,41)(H2,37,38,42). The molecule has 3 aromatic carbocycles. The monoisotopic (exact) mass is 576 g/mol. The molecular formula is C34H36N6O3. The van der Waals surface area contributed by atoms with E-state index in [0.29, 0.717) is 30.4 Å². The number of nitrogens with zero attached hydrogens (tertiary/aromatic N) is 3. The minimum absolute atomic E-state index is 0.164. The lowest BCUT2D eigenvalue weighted by molar-refractivity contribution is -0.114. The molecule has 0 aliphatic heterocycles. The number of nitrogens with one attached hydrogen (secondary N) is 3. The molecule has 2 heterocycles. The second kappa shape index (κ2) is 13.7. The van der Waals surface area contributed by atoms with Crippen molar-refractivity contribution in [2.24, 2.45) is 0 Å². The second-order valence-corrected chi connectivity index (χ2v) is 10.4. The van der Waals surface area contributed by atoms with Gasteiger partial charge in [0.25, 0.3) is 0 Å². The van der Waals surface area contributed by atoms with Crippen LogP contribution in [0.2, 0.25) is 0 Å². The summed E-state index contributed by atoms with van der Waals surface area (Å²) in [5, 5.41) is 15.2. The van der Waals surface area contributed by atoms with Crippen LogP contribution in [-0.4, -0.2) is 33.3 Å². The van der Waals surface area contributed by atoms with Gasteiger partial charge >= 0.3 is 6.03 Å². The van der Waals surface area contributed by atoms with Crippen molar-refractivity contribution >= 4 is 40.0 Å². The minimum atomic E-state index is -0.359. The number of benzene rings is 3. The van der Waals surface area contributed by atoms with E-state index in [1.165, 1.54) is 6.92 Å². The third-order valence-corrected chi connectivity index (χ3v) is 6.98. The highest BCUT2D eigenvalue weighted by atomic mass is 16.5. The number of pyridine rings is 1. The van der Waals surface area contributed by atoms with Gasteiger partial charge in [-0.3, -0.25) is 10.1 Å². The van der Waals surface area contributed by atoms with E-state index in [9.17, 15) is 9.59 Å². The highest BCUT2D eigenvalue weighted by Crippen LogP contribution is 2.32. The Morgan fingerprint density at radius 2 is 1.67 bits per heavy atom. The lowest BCUT2D eigenvalue weighted by Gasteiger charge is -2.14. The second-order valence-electron chi connectivity index (χ2n) is 10.4. The van der Waals surface area contributed by atoms with Gasteiger partial charge in [-0.2, -0.15) is 5.10 Å². The van der Waals surface area contributed by atoms with E-state index >= 15 is 0 Å². The van der Waals surface area contributed by atoms with E-state index in [2.05, 4.69) is 27.9 Å². The van der Waals surface area contributed by atoms with Gasteiger partial charge in [0.15, 0.2) is 0 Å². The highest BCUT2D eigenvalue weighted by Gasteiger charge is 2.15. The summed E-state index contributed by atoms with van der Waals surface area (Å²) >= 11 is 0. The van der Waals surface area contributed by atoms with Crippen LogP contribution in [0.25, 0.3) is 16.5 Å². The van der Waals surface area contributed by atoms with Crippen molar-refractivity contribution in [3.63, 3.8) is 0 Å². The zero-order valence-electron chi connectivity index (χ0n) is 24.7. The van der Waals surface area contributed by atoms with Gasteiger partial charge in [0, 0.05) is 36.4 Å². The van der Waals surface area contributed by atoms with Crippen molar-refractivity contribution in [1.29, 1.82) is 0 Å². The third-order valence-electron chi connectivity index (χ3n) is 6.98. The van der Waals surface area contributed by atoms with Crippen LogP contribution in [0, 0.1) is 6.92 Å². The van der Waals surface area contributed by atoms with Crippen LogP contribution in [0.1, 0.15) is 43.5 Å². The van der Waals surface area contributed by atoms with Crippen LogP contribution >= 0.6 is 0 Å². The number of unbranched alkanes of at least 4 members (excludes halogenated alkanes) is 1. The zero-order chi connectivity index (χ0) is 30.2. The fourth-order valence-electron chi connectivity index (χ4n) is 4.82. The van der Waals surface area contributed by atoms with Gasteiger partial charge in [0.05, 0.1) is 23.7 Å². The van der Waals surface area contributed by atoms with Crippen LogP contribution < -0.4 is 20.7 Å². The van der Waals surface area contributed by atoms with Gasteiger partial charge in [-0.05, 0) is 61.7 Å². The number of aromatic nitrogens is 3. The van der Waals surface area contributed by atoms with Crippen LogP contribution in [0.4, 0.5) is 22.1 Å². The van der Waals surface area contributed by atoms with Crippen molar-refractivity contribution < 1.29 is 14.3 Å². The number of urea groups is 1. The first kappa shape index (κ1) is 29.3. The normalized spacial score (nSPS) is 10.9. The predicted molar refractivity (Wildman–Crippen MR) is 171 cm³/mol. The predicted octanol–water partition coefficient (Wildman–Crippen LogP) is 7.30. The van der Waals surface area contributed by atoms with E-state index in [0.717, 1.165) is 58.3 Å². The summed E-state index contributed by atoms with van der Waals surface area (Å²) in [6, 6.07) is 24.9. The number of carbonyl (C=O) groups excluding carboxylic acids is 2. The average Bonchev–Trinajstić information content (AvgIpc) is 3.39. The molecule has 5 rings (SSSR count). The van der Waals surface area contributed by atoms with Gasteiger partial charge in [-0.1, -0.05) is 55.3 Å². The maximum atomic E-state index is 13.3. The van der Waals surface area contributed by atoms with Crippen LogP contribution in [0.3, 0.4) is 0 Å². The van der Waals surface area contributed by atoms with Crippen molar-refractivity contribution in [2.75, 3.05) is 22.6 Å². The number of rotatable bonds is 11. The summed E-state index contributed by atoms with van der Waals surface area (Å²) < 4.78 is 7.94. The number of ether oxygens (including phenoxy) is 1. The summed E-state index contributed by atoms with van der Waals surface area (Å²) in [4.78, 5) is 28.8. The SMILES string of the molecule is CCCCc1cc(NC(=O)Nc2ccc(OCCc3ccnc(NC(C)=O)c3)c3ccccc23)n(-c2ccc(C)cc2)n1. The molecule has 0 saturated heterocycles. The van der Waals surface area contributed by atoms with Crippen molar-refractivity contribution in [3.8, 4) is 11.4 Å². The minimum Gasteiger partial charge on any atom is -0.493 e. The molecule has 0 bridgehead atoms. The molecule has 3 amide bonds. The molecule has 2 aromatic heterocycles. The van der Waals surface area contributed by atoms with E-state index in [4.69, 9.17) is 9.84 Å². The first-order valence-corrected chi connectivity index (χ1v) is 14.5. The van der Waals surface area contributed by atoms with E-state index in [1.807, 2.05) is 85.8 Å². The number of carbonyl (C=O) groups is 2. The maximum Gasteiger partial charge on any atom is 0.324 e. The van der Waals surface area contributed by atoms with Crippen LogP contribution in [0.5, 0.6) is 5.75 Å². The van der Waals surface area contributed by atoms with Crippen molar-refractivity contribution in [3.05, 3.63) is 102 Å². The molecule has 0 unspecified atom stereocenters. The lowest BCUT2D eigenvalue weighted by Crippen LogP contribution is -2.21. The summed E-state index contributed by atoms with van der Waals surface area (Å²) in [5.74, 6) is 1.68. The number of aryl methyl sites for hydroxylation is 2. The molecule has 9 heteroatoms. The maximum absolute atomic E-state index is 13.3. The van der Waals surface area contributed by atoms with Crippen LogP contribution in [0.15, 0.2) is 85.1 Å². The molecule has 0 fully saturated rings. The summed E-state index contributed by atoms with van der Waals surface area (Å²) in [6.07, 6.45) is 5.24. The van der Waals surface area contributed by atoms with E-state index < -0.39 is 0 Å². The molecule has 43 heavy (non-hydrogen) atoms. The smallest absolute Gasteiger partial charge is 0.324 e. The van der Waals surface area contributed by atoms with Crippen molar-refractivity contribution in [2.45, 2.75) is 46.5 Å². The fourth-order valence-corrected chi connectivity index (χ4v) is 4.82. The molecule has 5 aromatic rings. The number of hydrogen-bond acceptors (Lipinski definition) is 5. The lowest BCUT2D eigenvalue weighted by atomic mass is 10.1. The first-order chi connectivity index (χ1) is 20.9. The number of anilines is 3. The molecule has 0 radical (unpaired) electrons. The largest absolute Gasteiger partial charge is 0.493 e. The molecule has 3 N–H and O–H groups in total. The number of amides is 3. The zero-order valence-corrected chi connectivity index (χ0v) is 24.7. The fraction of sp³-hybridized carbons (Fsp3) is 0.235. The Labute approximate surface area is 251 Å². The average molecular weight is 577 g/mol. The van der Waals surface area contributed by atoms with E-state index in [1.54, 1.807) is 10.9 Å². The van der Waals surface area contributed by atoms with Gasteiger partial charge in [-0.25, -0.2) is 14.5 Å². The Hall–Kier alpha value is -5.18. The van der Waals surface area contributed by atoms with Crippen LogP contribution in [-0.2, 0) is 17.6 Å². The summed E-state index contributed by atoms with van der Waals surface area (Å²) in [7, 11) is 0. The Morgan fingerprint density at radius 3 is 2.44 bits per heavy atom. The quantitative estimate of drug-likeness (QED) is 0.153. The highest BCUT2D eigenvalue weighted by molar-refractivity contribution is 6.07. The van der Waals surface area contributed by atoms with E-state index in [-0.39, 0.29) is 11.9 Å². The van der Waals surface area contributed by atoms with Gasteiger partial charge in [0.1, 0.15) is 17.4 Å². The Morgan fingerprint density at radius 1 is 0.884 bits per heavy atom. The third kappa shape index (κ3) is 7.56. The molecule has 0 saturated carbocycles. The Bertz CT molecular complexity index is 1730. The molecule has 0 aliphatic rings. The first-order valence-electron chi connectivity index (χ1n) is 14.5. The van der Waals surface area contributed by atoms with Gasteiger partial charge in [0.2, 0.25) is 5.91 Å². The van der Waals surface area contributed by atoms with Gasteiger partial charge < -0.3 is 15.4 Å². The summed E-state index contributed by atoms with van der Waals surface area (Å²) in [5.41, 5.74) is 4.64. The molecular weight excluding hydrogens is 540 g/mol. The number of fused-ring (bicyclic) bond motifs is 1. The molecule has 220 valence electrons. The molecule has 0 aliphatic carbocycles. The Kier molecular flexibility index (Phi) is 9.31. The molecule has 0 atom stereocenters. The van der Waals surface area contributed by atoms with Crippen molar-refractivity contribution in [1.82, 2.24) is 14.8 Å². The van der Waals surface area contributed by atoms with Gasteiger partial charge in [-0.15, -0.1) is 0 Å². The number of hydrogen-bond donors (Lipinski definition) is 3.